The number of hydrazine groups is 1. The predicted molar refractivity (Wildman–Crippen MR) is 80.4 cm³/mol. The van der Waals surface area contributed by atoms with E-state index in [9.17, 15) is 22.4 Å². The largest absolute Gasteiger partial charge is 0.496 e. The lowest BCUT2D eigenvalue weighted by Gasteiger charge is -2.32. The second-order valence-electron chi connectivity index (χ2n) is 5.50. The molecule has 1 aliphatic heterocycles. The number of hydrogen-bond acceptors (Lipinski definition) is 5. The van der Waals surface area contributed by atoms with Crippen molar-refractivity contribution in [1.29, 1.82) is 0 Å². The molecule has 6 nitrogen and oxygen atoms in total. The zero-order valence-corrected chi connectivity index (χ0v) is 14.1. The zero-order valence-electron chi connectivity index (χ0n) is 13.3. The maximum absolute atomic E-state index is 13.5. The number of rotatable bonds is 5. The number of para-hydroxylation sites is 1. The lowest BCUT2D eigenvalue weighted by atomic mass is 10.1. The van der Waals surface area contributed by atoms with Gasteiger partial charge in [0, 0.05) is 0 Å². The van der Waals surface area contributed by atoms with E-state index in [0.29, 0.717) is 5.75 Å². The fourth-order valence-corrected chi connectivity index (χ4v) is 2.06. The first-order valence-electron chi connectivity index (χ1n) is 6.87. The van der Waals surface area contributed by atoms with Gasteiger partial charge in [0.1, 0.15) is 5.75 Å². The molecule has 1 amide bonds. The molecule has 1 aromatic rings. The van der Waals surface area contributed by atoms with Crippen LogP contribution in [-0.2, 0) is 9.63 Å². The van der Waals surface area contributed by atoms with Crippen LogP contribution in [-0.4, -0.2) is 40.9 Å². The van der Waals surface area contributed by atoms with Gasteiger partial charge in [0.25, 0.3) is 0 Å². The average molecular weight is 384 g/mol. The number of hydrogen-bond donors (Lipinski definition) is 1. The molecular formula is C14H14ClF4N3O3. The summed E-state index contributed by atoms with van der Waals surface area (Å²) in [7, 11) is 1.37. The van der Waals surface area contributed by atoms with Crippen molar-refractivity contribution in [3.8, 4) is 5.75 Å². The van der Waals surface area contributed by atoms with E-state index in [-0.39, 0.29) is 11.4 Å². The molecule has 1 N–H and O–H groups in total. The zero-order chi connectivity index (χ0) is 19.0. The van der Waals surface area contributed by atoms with Crippen molar-refractivity contribution in [3.63, 3.8) is 0 Å². The van der Waals surface area contributed by atoms with E-state index < -0.39 is 22.9 Å². The van der Waals surface area contributed by atoms with Gasteiger partial charge in [-0.05, 0) is 37.6 Å². The van der Waals surface area contributed by atoms with E-state index in [2.05, 4.69) is 16.8 Å². The molecule has 0 unspecified atom stereocenters. The summed E-state index contributed by atoms with van der Waals surface area (Å²) in [5.41, 5.74) is 0.546. The van der Waals surface area contributed by atoms with Gasteiger partial charge in [-0.3, -0.25) is 10.2 Å². The van der Waals surface area contributed by atoms with Crippen molar-refractivity contribution < 1.29 is 31.9 Å². The van der Waals surface area contributed by atoms with E-state index in [1.165, 1.54) is 27.0 Å². The Balaban J connectivity index is 2.37. The molecule has 11 heteroatoms. The van der Waals surface area contributed by atoms with E-state index in [1.807, 2.05) is 0 Å². The number of oxime groups is 1. The smallest absolute Gasteiger partial charge is 0.402 e. The van der Waals surface area contributed by atoms with Gasteiger partial charge in [-0.25, -0.2) is 5.01 Å². The molecule has 0 saturated carbocycles. The fourth-order valence-electron chi connectivity index (χ4n) is 1.98. The second kappa shape index (κ2) is 6.25. The highest BCUT2D eigenvalue weighted by Crippen LogP contribution is 2.38. The Bertz CT molecular complexity index is 707. The van der Waals surface area contributed by atoms with Crippen LogP contribution < -0.4 is 10.2 Å². The minimum absolute atomic E-state index is 0.107. The number of methoxy groups -OCH3 is 1. The molecule has 0 fully saturated rings. The molecule has 0 saturated heterocycles. The van der Waals surface area contributed by atoms with Gasteiger partial charge < -0.3 is 9.57 Å². The van der Waals surface area contributed by atoms with Crippen molar-refractivity contribution in [1.82, 2.24) is 10.4 Å². The standard InChI is InChI=1S/C14H14ClF4N3O3/c1-12(2)22(20-11(23)13(16,17)14(15,18)19)10(21-25-12)8-6-4-5-7-9(8)24-3/h4-7H,1-3H3,(H,20,23). The monoisotopic (exact) mass is 383 g/mol. The number of amidine groups is 1. The van der Waals surface area contributed by atoms with Gasteiger partial charge in [-0.15, -0.1) is 0 Å². The lowest BCUT2D eigenvalue weighted by molar-refractivity contribution is -0.189. The number of carbonyl (C=O) groups excluding carboxylic acids is 1. The number of alkyl halides is 5. The third-order valence-electron chi connectivity index (χ3n) is 3.31. The van der Waals surface area contributed by atoms with E-state index in [1.54, 1.807) is 23.6 Å². The van der Waals surface area contributed by atoms with Crippen LogP contribution >= 0.6 is 11.6 Å². The summed E-state index contributed by atoms with van der Waals surface area (Å²) >= 11 is 4.33. The van der Waals surface area contributed by atoms with Crippen LogP contribution in [0.1, 0.15) is 19.4 Å². The molecule has 0 radical (unpaired) electrons. The number of carbonyl (C=O) groups is 1. The van der Waals surface area contributed by atoms with E-state index in [4.69, 9.17) is 9.57 Å². The van der Waals surface area contributed by atoms with Gasteiger partial charge in [0.15, 0.2) is 0 Å². The Morgan fingerprint density at radius 2 is 1.92 bits per heavy atom. The number of ether oxygens (including phenoxy) is 1. The number of halogens is 5. The molecule has 1 heterocycles. The van der Waals surface area contributed by atoms with Crippen LogP contribution in [0.15, 0.2) is 29.4 Å². The van der Waals surface area contributed by atoms with Crippen molar-refractivity contribution in [2.45, 2.75) is 30.9 Å². The van der Waals surface area contributed by atoms with Gasteiger partial charge in [-0.1, -0.05) is 17.3 Å². The Morgan fingerprint density at radius 1 is 1.32 bits per heavy atom. The molecule has 25 heavy (non-hydrogen) atoms. The molecule has 0 aromatic heterocycles. The first-order chi connectivity index (χ1) is 11.4. The van der Waals surface area contributed by atoms with Crippen LogP contribution in [0.5, 0.6) is 5.75 Å². The average Bonchev–Trinajstić information content (AvgIpc) is 2.81. The SMILES string of the molecule is COc1ccccc1C1=NOC(C)(C)N1NC(=O)C(F)(F)C(F)(F)Cl. The number of nitrogens with one attached hydrogen (secondary N) is 1. The fraction of sp³-hybridized carbons (Fsp3) is 0.429. The van der Waals surface area contributed by atoms with Crippen LogP contribution in [0.3, 0.4) is 0 Å². The van der Waals surface area contributed by atoms with E-state index >= 15 is 0 Å². The first-order valence-corrected chi connectivity index (χ1v) is 7.25. The number of benzene rings is 1. The minimum atomic E-state index is -5.15. The minimum Gasteiger partial charge on any atom is -0.496 e. The third kappa shape index (κ3) is 3.44. The molecular weight excluding hydrogens is 370 g/mol. The Labute approximate surface area is 145 Å². The highest BCUT2D eigenvalue weighted by Gasteiger charge is 2.62. The molecule has 0 spiro atoms. The Kier molecular flexibility index (Phi) is 4.77. The van der Waals surface area contributed by atoms with Crippen LogP contribution in [0.2, 0.25) is 0 Å². The third-order valence-corrected chi connectivity index (χ3v) is 3.55. The summed E-state index contributed by atoms with van der Waals surface area (Å²) in [6.07, 6.45) is 0. The van der Waals surface area contributed by atoms with Gasteiger partial charge in [0.2, 0.25) is 11.6 Å². The Hall–Kier alpha value is -2.23. The maximum Gasteiger partial charge on any atom is 0.402 e. The molecule has 0 bridgehead atoms. The van der Waals surface area contributed by atoms with Gasteiger partial charge >= 0.3 is 17.2 Å². The summed E-state index contributed by atoms with van der Waals surface area (Å²) in [6, 6.07) is 6.34. The van der Waals surface area contributed by atoms with Gasteiger partial charge in [-0.2, -0.15) is 17.6 Å². The van der Waals surface area contributed by atoms with Crippen LogP contribution in [0, 0.1) is 0 Å². The summed E-state index contributed by atoms with van der Waals surface area (Å²) < 4.78 is 57.7. The second-order valence-corrected chi connectivity index (χ2v) is 5.98. The van der Waals surface area contributed by atoms with Crippen molar-refractivity contribution in [3.05, 3.63) is 29.8 Å². The van der Waals surface area contributed by atoms with Crippen molar-refractivity contribution in [2.75, 3.05) is 7.11 Å². The Morgan fingerprint density at radius 3 is 2.48 bits per heavy atom. The summed E-state index contributed by atoms with van der Waals surface area (Å²) in [5, 5.41) is -0.542. The molecule has 138 valence electrons. The van der Waals surface area contributed by atoms with Crippen LogP contribution in [0.4, 0.5) is 17.6 Å². The quantitative estimate of drug-likeness (QED) is 0.627. The summed E-state index contributed by atoms with van der Waals surface area (Å²) in [5.74, 6) is -7.27. The number of nitrogens with zero attached hydrogens (tertiary/aromatic N) is 2. The van der Waals surface area contributed by atoms with Crippen molar-refractivity contribution >= 4 is 23.3 Å². The molecule has 0 atom stereocenters. The molecule has 2 rings (SSSR count). The highest BCUT2D eigenvalue weighted by molar-refractivity contribution is 6.24. The molecule has 1 aliphatic rings. The first kappa shape index (κ1) is 19.1. The lowest BCUT2D eigenvalue weighted by Crippen LogP contribution is -2.60. The molecule has 0 aliphatic carbocycles. The number of amides is 1. The normalized spacial score (nSPS) is 17.0. The molecule has 1 aromatic carbocycles. The van der Waals surface area contributed by atoms with Gasteiger partial charge in [0.05, 0.1) is 12.7 Å². The van der Waals surface area contributed by atoms with Crippen molar-refractivity contribution in [2.24, 2.45) is 5.16 Å². The van der Waals surface area contributed by atoms with Crippen LogP contribution in [0.25, 0.3) is 0 Å². The summed E-state index contributed by atoms with van der Waals surface area (Å²) in [6.45, 7) is 2.77. The predicted octanol–water partition coefficient (Wildman–Crippen LogP) is 2.92. The maximum atomic E-state index is 13.5. The summed E-state index contributed by atoms with van der Waals surface area (Å²) in [4.78, 5) is 16.8. The topological polar surface area (TPSA) is 63.2 Å². The highest BCUT2D eigenvalue weighted by atomic mass is 35.5. The van der Waals surface area contributed by atoms with E-state index in [0.717, 1.165) is 5.01 Å².